The summed E-state index contributed by atoms with van der Waals surface area (Å²) in [6.07, 6.45) is 1.80. The monoisotopic (exact) mass is 182 g/mol. The zero-order chi connectivity index (χ0) is 9.42. The molecule has 0 bridgehead atoms. The van der Waals surface area contributed by atoms with E-state index in [1.807, 2.05) is 0 Å². The highest BCUT2D eigenvalue weighted by Crippen LogP contribution is 2.24. The Morgan fingerprint density at radius 2 is 2.62 bits per heavy atom. The number of hydrogen-bond acceptors (Lipinski definition) is 3. The molecule has 1 N–H and O–H groups in total. The lowest BCUT2D eigenvalue weighted by Crippen LogP contribution is -2.23. The van der Waals surface area contributed by atoms with Gasteiger partial charge in [-0.15, -0.1) is 0 Å². The molecule has 2 heterocycles. The van der Waals surface area contributed by atoms with Crippen molar-refractivity contribution in [1.82, 2.24) is 9.78 Å². The van der Waals surface area contributed by atoms with Gasteiger partial charge < -0.3 is 9.84 Å². The Kier molecular flexibility index (Phi) is 1.81. The van der Waals surface area contributed by atoms with E-state index in [9.17, 15) is 4.79 Å². The lowest BCUT2D eigenvalue weighted by molar-refractivity contribution is -0.141. The lowest BCUT2D eigenvalue weighted by atomic mass is 10.0. The summed E-state index contributed by atoms with van der Waals surface area (Å²) < 4.78 is 6.77. The highest BCUT2D eigenvalue weighted by Gasteiger charge is 2.29. The second kappa shape index (κ2) is 2.85. The van der Waals surface area contributed by atoms with Crippen LogP contribution in [0, 0.1) is 0 Å². The number of fused-ring (bicyclic) bond motifs is 1. The van der Waals surface area contributed by atoms with Gasteiger partial charge in [0.2, 0.25) is 0 Å². The fraction of sp³-hybridized carbons (Fsp3) is 0.500. The van der Waals surface area contributed by atoms with E-state index in [2.05, 4.69) is 5.10 Å². The number of carboxylic acids is 1. The van der Waals surface area contributed by atoms with Crippen molar-refractivity contribution < 1.29 is 14.6 Å². The Morgan fingerprint density at radius 3 is 3.31 bits per heavy atom. The molecule has 0 spiro atoms. The zero-order valence-electron chi connectivity index (χ0n) is 7.23. The fourth-order valence-electron chi connectivity index (χ4n) is 1.51. The van der Waals surface area contributed by atoms with Gasteiger partial charge in [0.15, 0.2) is 0 Å². The van der Waals surface area contributed by atoms with E-state index >= 15 is 0 Å². The van der Waals surface area contributed by atoms with Crippen LogP contribution in [0.1, 0.15) is 17.2 Å². The molecule has 0 saturated heterocycles. The van der Waals surface area contributed by atoms with Crippen LogP contribution in [0.4, 0.5) is 0 Å². The van der Waals surface area contributed by atoms with E-state index in [4.69, 9.17) is 9.84 Å². The largest absolute Gasteiger partial charge is 0.481 e. The Balaban J connectivity index is 2.41. The highest BCUT2D eigenvalue weighted by molar-refractivity contribution is 5.76. The van der Waals surface area contributed by atoms with Crippen molar-refractivity contribution in [1.29, 1.82) is 0 Å². The number of carbonyl (C=O) groups is 1. The summed E-state index contributed by atoms with van der Waals surface area (Å²) in [6, 6.07) is 0. The average molecular weight is 182 g/mol. The number of hydrogen-bond donors (Lipinski definition) is 1. The summed E-state index contributed by atoms with van der Waals surface area (Å²) in [6.45, 7) is 0.687. The first-order valence-corrected chi connectivity index (χ1v) is 4.01. The van der Waals surface area contributed by atoms with Crippen LogP contribution < -0.4 is 0 Å². The van der Waals surface area contributed by atoms with E-state index in [0.29, 0.717) is 12.3 Å². The zero-order valence-corrected chi connectivity index (χ0v) is 7.23. The smallest absolute Gasteiger partial charge is 0.315 e. The molecular formula is C8H10N2O3. The van der Waals surface area contributed by atoms with Gasteiger partial charge in [0, 0.05) is 18.8 Å². The quantitative estimate of drug-likeness (QED) is 0.670. The van der Waals surface area contributed by atoms with Crippen LogP contribution >= 0.6 is 0 Å². The number of rotatable bonds is 1. The summed E-state index contributed by atoms with van der Waals surface area (Å²) in [4.78, 5) is 10.8. The molecular weight excluding hydrogens is 172 g/mol. The van der Waals surface area contributed by atoms with Gasteiger partial charge in [-0.25, -0.2) is 0 Å². The van der Waals surface area contributed by atoms with E-state index < -0.39 is 11.9 Å². The van der Waals surface area contributed by atoms with Gasteiger partial charge in [-0.2, -0.15) is 5.10 Å². The molecule has 1 atom stereocenters. The third-order valence-electron chi connectivity index (χ3n) is 2.11. The second-order valence-corrected chi connectivity index (χ2v) is 3.12. The van der Waals surface area contributed by atoms with Gasteiger partial charge in [0.25, 0.3) is 0 Å². The Hall–Kier alpha value is -1.36. The summed E-state index contributed by atoms with van der Waals surface area (Å²) in [5.41, 5.74) is 1.52. The van der Waals surface area contributed by atoms with Crippen molar-refractivity contribution >= 4 is 5.97 Å². The van der Waals surface area contributed by atoms with Crippen molar-refractivity contribution in [2.45, 2.75) is 12.5 Å². The minimum Gasteiger partial charge on any atom is -0.481 e. The first kappa shape index (κ1) is 8.25. The van der Waals surface area contributed by atoms with Crippen LogP contribution in [-0.4, -0.2) is 27.5 Å². The number of carboxylic acid groups (broad SMARTS) is 1. The molecule has 0 fully saturated rings. The van der Waals surface area contributed by atoms with E-state index in [1.54, 1.807) is 17.9 Å². The molecule has 0 amide bonds. The summed E-state index contributed by atoms with van der Waals surface area (Å²) >= 11 is 0. The maximum absolute atomic E-state index is 10.8. The van der Waals surface area contributed by atoms with Crippen LogP contribution in [0.25, 0.3) is 0 Å². The van der Waals surface area contributed by atoms with Gasteiger partial charge in [-0.05, 0) is 0 Å². The molecule has 1 unspecified atom stereocenters. The second-order valence-electron chi connectivity index (χ2n) is 3.12. The number of ether oxygens (including phenoxy) is 1. The summed E-state index contributed by atoms with van der Waals surface area (Å²) in [5, 5.41) is 13.0. The normalized spacial score (nSPS) is 21.2. The van der Waals surface area contributed by atoms with Crippen molar-refractivity contribution in [2.75, 3.05) is 6.61 Å². The molecule has 0 saturated carbocycles. The van der Waals surface area contributed by atoms with Crippen molar-refractivity contribution in [3.8, 4) is 0 Å². The van der Waals surface area contributed by atoms with Gasteiger partial charge in [-0.1, -0.05) is 0 Å². The van der Waals surface area contributed by atoms with E-state index in [-0.39, 0.29) is 6.61 Å². The summed E-state index contributed by atoms with van der Waals surface area (Å²) in [5.74, 6) is -1.48. The van der Waals surface area contributed by atoms with Gasteiger partial charge in [0.05, 0.1) is 18.9 Å². The standard InChI is InChI=1S/C8H10N2O3/c1-10-2-5-3-13-4-6(8(11)12)7(5)9-10/h2,6H,3-4H2,1H3,(H,11,12). The molecule has 13 heavy (non-hydrogen) atoms. The molecule has 70 valence electrons. The van der Waals surface area contributed by atoms with Crippen LogP contribution in [0.5, 0.6) is 0 Å². The molecule has 1 aromatic rings. The van der Waals surface area contributed by atoms with Crippen molar-refractivity contribution in [3.63, 3.8) is 0 Å². The SMILES string of the molecule is Cn1cc2c(n1)C(C(=O)O)COC2. The Morgan fingerprint density at radius 1 is 1.85 bits per heavy atom. The minimum absolute atomic E-state index is 0.222. The third-order valence-corrected chi connectivity index (χ3v) is 2.11. The molecule has 0 aliphatic carbocycles. The minimum atomic E-state index is -0.875. The van der Waals surface area contributed by atoms with Crippen LogP contribution in [0.3, 0.4) is 0 Å². The van der Waals surface area contributed by atoms with Crippen molar-refractivity contribution in [2.24, 2.45) is 7.05 Å². The molecule has 5 heteroatoms. The summed E-state index contributed by atoms with van der Waals surface area (Å²) in [7, 11) is 1.78. The van der Waals surface area contributed by atoms with Crippen LogP contribution in [0.15, 0.2) is 6.20 Å². The first-order valence-electron chi connectivity index (χ1n) is 4.01. The predicted molar refractivity (Wildman–Crippen MR) is 43.2 cm³/mol. The molecule has 0 radical (unpaired) electrons. The molecule has 1 aliphatic heterocycles. The molecule has 1 aliphatic rings. The van der Waals surface area contributed by atoms with E-state index in [0.717, 1.165) is 5.56 Å². The fourth-order valence-corrected chi connectivity index (χ4v) is 1.51. The van der Waals surface area contributed by atoms with Crippen LogP contribution in [-0.2, 0) is 23.2 Å². The number of nitrogens with zero attached hydrogens (tertiary/aromatic N) is 2. The van der Waals surface area contributed by atoms with Gasteiger partial charge >= 0.3 is 5.97 Å². The van der Waals surface area contributed by atoms with Crippen molar-refractivity contribution in [3.05, 3.63) is 17.5 Å². The molecule has 5 nitrogen and oxygen atoms in total. The van der Waals surface area contributed by atoms with Gasteiger partial charge in [0.1, 0.15) is 5.92 Å². The maximum Gasteiger partial charge on any atom is 0.315 e. The third kappa shape index (κ3) is 1.31. The highest BCUT2D eigenvalue weighted by atomic mass is 16.5. The van der Waals surface area contributed by atoms with Gasteiger partial charge in [-0.3, -0.25) is 9.48 Å². The van der Waals surface area contributed by atoms with E-state index in [1.165, 1.54) is 0 Å². The first-order chi connectivity index (χ1) is 6.18. The molecule has 2 rings (SSSR count). The Bertz CT molecular complexity index is 345. The number of aliphatic carboxylic acids is 1. The molecule has 0 aromatic carbocycles. The van der Waals surface area contributed by atoms with Crippen LogP contribution in [0.2, 0.25) is 0 Å². The lowest BCUT2D eigenvalue weighted by Gasteiger charge is -2.17. The maximum atomic E-state index is 10.8. The average Bonchev–Trinajstić information content (AvgIpc) is 2.43. The Labute approximate surface area is 74.9 Å². The number of aromatic nitrogens is 2. The molecule has 1 aromatic heterocycles. The topological polar surface area (TPSA) is 64.4 Å². The predicted octanol–water partition coefficient (Wildman–Crippen LogP) is 0.118. The number of aryl methyl sites for hydroxylation is 1.